The molecule has 0 aliphatic rings. The second-order valence-electron chi connectivity index (χ2n) is 5.46. The monoisotopic (exact) mass is 337 g/mol. The van der Waals surface area contributed by atoms with E-state index in [0.717, 1.165) is 12.1 Å². The molecular weight excluding hydrogens is 323 g/mol. The molecule has 0 bridgehead atoms. The van der Waals surface area contributed by atoms with Gasteiger partial charge in [-0.2, -0.15) is 13.2 Å². The first-order chi connectivity index (χ1) is 9.90. The fraction of sp³-hybridized carbons (Fsp3) is 0.429. The van der Waals surface area contributed by atoms with Crippen LogP contribution in [0.1, 0.15) is 42.6 Å². The van der Waals surface area contributed by atoms with E-state index in [1.807, 2.05) is 0 Å². The smallest absolute Gasteiger partial charge is 0.416 e. The molecule has 0 aliphatic heterocycles. The Bertz CT molecular complexity index is 585. The predicted octanol–water partition coefficient (Wildman–Crippen LogP) is 3.73. The Morgan fingerprint density at radius 2 is 1.82 bits per heavy atom. The molecule has 122 valence electrons. The minimum absolute atomic E-state index is 0.140. The third kappa shape index (κ3) is 5.55. The zero-order valence-electron chi connectivity index (χ0n) is 11.9. The Balaban J connectivity index is 2.94. The molecule has 0 saturated heterocycles. The average molecular weight is 338 g/mol. The van der Waals surface area contributed by atoms with Gasteiger partial charge in [0.25, 0.3) is 5.91 Å². The molecule has 0 atom stereocenters. The maximum atomic E-state index is 12.7. The van der Waals surface area contributed by atoms with Gasteiger partial charge >= 0.3 is 12.1 Å². The molecule has 0 aliphatic carbocycles. The number of aliphatic carboxylic acids is 1. The fourth-order valence-corrected chi connectivity index (χ4v) is 1.98. The number of carboxylic acid groups (broad SMARTS) is 1. The van der Waals surface area contributed by atoms with Crippen molar-refractivity contribution in [2.75, 3.05) is 0 Å². The summed E-state index contributed by atoms with van der Waals surface area (Å²) in [5.74, 6) is -1.77. The summed E-state index contributed by atoms with van der Waals surface area (Å²) in [5, 5.41) is 10.9. The molecule has 0 saturated carbocycles. The minimum Gasteiger partial charge on any atom is -0.481 e. The lowest BCUT2D eigenvalue weighted by Crippen LogP contribution is -2.43. The highest BCUT2D eigenvalue weighted by atomic mass is 35.5. The quantitative estimate of drug-likeness (QED) is 0.860. The van der Waals surface area contributed by atoms with Crippen LogP contribution in [0.5, 0.6) is 0 Å². The third-order valence-electron chi connectivity index (χ3n) is 2.90. The topological polar surface area (TPSA) is 66.4 Å². The molecule has 0 unspecified atom stereocenters. The molecule has 0 spiro atoms. The van der Waals surface area contributed by atoms with Crippen LogP contribution in [0.4, 0.5) is 13.2 Å². The summed E-state index contributed by atoms with van der Waals surface area (Å²) < 4.78 is 38.1. The van der Waals surface area contributed by atoms with Gasteiger partial charge in [0, 0.05) is 22.5 Å². The van der Waals surface area contributed by atoms with E-state index in [1.54, 1.807) is 13.8 Å². The first-order valence-electron chi connectivity index (χ1n) is 6.33. The number of hydrogen-bond acceptors (Lipinski definition) is 2. The van der Waals surface area contributed by atoms with Crippen LogP contribution in [0.2, 0.25) is 5.02 Å². The van der Waals surface area contributed by atoms with E-state index in [4.69, 9.17) is 16.7 Å². The van der Waals surface area contributed by atoms with Gasteiger partial charge in [0.1, 0.15) is 0 Å². The number of carbonyl (C=O) groups excluding carboxylic acids is 1. The van der Waals surface area contributed by atoms with Crippen LogP contribution in [-0.2, 0) is 11.0 Å². The number of rotatable bonds is 5. The largest absolute Gasteiger partial charge is 0.481 e. The maximum absolute atomic E-state index is 12.7. The Morgan fingerprint density at radius 1 is 1.23 bits per heavy atom. The first kappa shape index (κ1) is 18.3. The number of hydrogen-bond donors (Lipinski definition) is 2. The lowest BCUT2D eigenvalue weighted by atomic mass is 9.97. The predicted molar refractivity (Wildman–Crippen MR) is 74.9 cm³/mol. The number of nitrogens with one attached hydrogen (secondary N) is 1. The van der Waals surface area contributed by atoms with Crippen molar-refractivity contribution in [2.24, 2.45) is 0 Å². The van der Waals surface area contributed by atoms with Crippen LogP contribution in [0, 0.1) is 0 Å². The van der Waals surface area contributed by atoms with E-state index in [-0.39, 0.29) is 23.4 Å². The van der Waals surface area contributed by atoms with Crippen molar-refractivity contribution in [3.63, 3.8) is 0 Å². The van der Waals surface area contributed by atoms with Crippen molar-refractivity contribution >= 4 is 23.5 Å². The molecule has 1 amide bonds. The molecular formula is C14H15ClF3NO3. The maximum Gasteiger partial charge on any atom is 0.416 e. The number of carboxylic acids is 1. The molecule has 0 fully saturated rings. The molecule has 0 aromatic heterocycles. The van der Waals surface area contributed by atoms with Gasteiger partial charge in [0.15, 0.2) is 0 Å². The van der Waals surface area contributed by atoms with E-state index < -0.39 is 29.2 Å². The molecule has 0 radical (unpaired) electrons. The van der Waals surface area contributed by atoms with Crippen molar-refractivity contribution < 1.29 is 27.9 Å². The van der Waals surface area contributed by atoms with E-state index in [2.05, 4.69) is 5.32 Å². The Morgan fingerprint density at radius 3 is 2.32 bits per heavy atom. The van der Waals surface area contributed by atoms with Gasteiger partial charge in [-0.1, -0.05) is 11.6 Å². The van der Waals surface area contributed by atoms with Crippen molar-refractivity contribution in [2.45, 2.75) is 38.4 Å². The normalized spacial score (nSPS) is 12.1. The lowest BCUT2D eigenvalue weighted by molar-refractivity contribution is -0.138. The summed E-state index contributed by atoms with van der Waals surface area (Å²) in [6.07, 6.45) is -4.64. The summed E-state index contributed by atoms with van der Waals surface area (Å²) in [7, 11) is 0. The SMILES string of the molecule is CC(C)(CCC(=O)O)NC(=O)c1cc(Cl)cc(C(F)(F)F)c1. The van der Waals surface area contributed by atoms with E-state index in [9.17, 15) is 22.8 Å². The zero-order valence-corrected chi connectivity index (χ0v) is 12.7. The van der Waals surface area contributed by atoms with Crippen molar-refractivity contribution in [3.8, 4) is 0 Å². The summed E-state index contributed by atoms with van der Waals surface area (Å²) in [5.41, 5.74) is -2.13. The Kier molecular flexibility index (Phi) is 5.45. The van der Waals surface area contributed by atoms with Gasteiger partial charge < -0.3 is 10.4 Å². The number of alkyl halides is 3. The molecule has 8 heteroatoms. The van der Waals surface area contributed by atoms with Crippen LogP contribution < -0.4 is 5.32 Å². The zero-order chi connectivity index (χ0) is 17.1. The summed E-state index contributed by atoms with van der Waals surface area (Å²) in [6.45, 7) is 3.17. The molecule has 1 aromatic rings. The van der Waals surface area contributed by atoms with E-state index >= 15 is 0 Å². The standard InChI is InChI=1S/C14H15ClF3NO3/c1-13(2,4-3-11(20)21)19-12(22)8-5-9(14(16,17)18)7-10(15)6-8/h5-7H,3-4H2,1-2H3,(H,19,22)(H,20,21). The van der Waals surface area contributed by atoms with Crippen LogP contribution in [0.25, 0.3) is 0 Å². The minimum atomic E-state index is -4.61. The second kappa shape index (κ2) is 6.56. The summed E-state index contributed by atoms with van der Waals surface area (Å²) in [6, 6.07) is 2.56. The third-order valence-corrected chi connectivity index (χ3v) is 3.12. The van der Waals surface area contributed by atoms with Gasteiger partial charge in [-0.05, 0) is 38.5 Å². The molecule has 4 nitrogen and oxygen atoms in total. The van der Waals surface area contributed by atoms with E-state index in [0.29, 0.717) is 6.07 Å². The number of carbonyl (C=O) groups is 2. The van der Waals surface area contributed by atoms with Crippen molar-refractivity contribution in [3.05, 3.63) is 34.3 Å². The van der Waals surface area contributed by atoms with Gasteiger partial charge in [-0.15, -0.1) is 0 Å². The Labute approximate surface area is 130 Å². The Hall–Kier alpha value is -1.76. The van der Waals surface area contributed by atoms with E-state index in [1.165, 1.54) is 0 Å². The number of halogens is 4. The van der Waals surface area contributed by atoms with Gasteiger partial charge in [0.2, 0.25) is 0 Å². The van der Waals surface area contributed by atoms with Gasteiger partial charge in [0.05, 0.1) is 5.56 Å². The van der Waals surface area contributed by atoms with Crippen LogP contribution >= 0.6 is 11.6 Å². The van der Waals surface area contributed by atoms with Gasteiger partial charge in [-0.3, -0.25) is 9.59 Å². The highest BCUT2D eigenvalue weighted by Crippen LogP contribution is 2.32. The fourth-order valence-electron chi connectivity index (χ4n) is 1.75. The molecule has 22 heavy (non-hydrogen) atoms. The molecule has 1 rings (SSSR count). The van der Waals surface area contributed by atoms with Crippen molar-refractivity contribution in [1.82, 2.24) is 5.32 Å². The number of benzene rings is 1. The highest BCUT2D eigenvalue weighted by Gasteiger charge is 2.32. The summed E-state index contributed by atoms with van der Waals surface area (Å²) in [4.78, 5) is 22.6. The molecule has 2 N–H and O–H groups in total. The second-order valence-corrected chi connectivity index (χ2v) is 5.89. The first-order valence-corrected chi connectivity index (χ1v) is 6.70. The summed E-state index contributed by atoms with van der Waals surface area (Å²) >= 11 is 5.62. The van der Waals surface area contributed by atoms with Crippen molar-refractivity contribution in [1.29, 1.82) is 0 Å². The van der Waals surface area contributed by atoms with Crippen LogP contribution in [0.3, 0.4) is 0 Å². The lowest BCUT2D eigenvalue weighted by Gasteiger charge is -2.25. The molecule has 1 aromatic carbocycles. The van der Waals surface area contributed by atoms with Gasteiger partial charge in [-0.25, -0.2) is 0 Å². The number of amides is 1. The van der Waals surface area contributed by atoms with Crippen LogP contribution in [0.15, 0.2) is 18.2 Å². The van der Waals surface area contributed by atoms with Crippen LogP contribution in [-0.4, -0.2) is 22.5 Å². The highest BCUT2D eigenvalue weighted by molar-refractivity contribution is 6.31. The average Bonchev–Trinajstić information content (AvgIpc) is 2.34. The molecule has 0 heterocycles.